The van der Waals surface area contributed by atoms with Crippen LogP contribution in [0.1, 0.15) is 75.9 Å². The summed E-state index contributed by atoms with van der Waals surface area (Å²) >= 11 is 1.59. The molecule has 3 aromatic carbocycles. The van der Waals surface area contributed by atoms with Gasteiger partial charge in [-0.1, -0.05) is 24.3 Å². The fourth-order valence-corrected chi connectivity index (χ4v) is 12.7. The summed E-state index contributed by atoms with van der Waals surface area (Å²) in [6.07, 6.45) is 1.21. The number of rotatable bonds is 3. The van der Waals surface area contributed by atoms with Crippen LogP contribution in [-0.4, -0.2) is 90.9 Å². The molecule has 1 aromatic heterocycles. The van der Waals surface area contributed by atoms with Gasteiger partial charge in [0.2, 0.25) is 6.79 Å². The maximum absolute atomic E-state index is 15.1. The summed E-state index contributed by atoms with van der Waals surface area (Å²) < 4.78 is 37.7. The number of nitrogens with one attached hydrogen (secondary N) is 1. The number of ether oxygens (including phenoxy) is 5. The summed E-state index contributed by atoms with van der Waals surface area (Å²) in [5, 5.41) is 16.3. The van der Waals surface area contributed by atoms with E-state index in [1.54, 1.807) is 18.9 Å². The lowest BCUT2D eigenvalue weighted by molar-refractivity contribution is -0.160. The van der Waals surface area contributed by atoms with Gasteiger partial charge in [0, 0.05) is 76.6 Å². The molecule has 0 aliphatic carbocycles. The van der Waals surface area contributed by atoms with E-state index >= 15 is 4.79 Å². The Kier molecular flexibility index (Phi) is 8.02. The third kappa shape index (κ3) is 4.76. The van der Waals surface area contributed by atoms with E-state index in [0.717, 1.165) is 38.8 Å². The molecule has 14 heteroatoms. The van der Waals surface area contributed by atoms with Gasteiger partial charge in [-0.25, -0.2) is 4.79 Å². The van der Waals surface area contributed by atoms with Gasteiger partial charge in [-0.15, -0.1) is 11.8 Å². The van der Waals surface area contributed by atoms with E-state index < -0.39 is 34.3 Å². The maximum Gasteiger partial charge on any atom is 0.335 e. The van der Waals surface area contributed by atoms with Crippen molar-refractivity contribution < 1.29 is 42.8 Å². The van der Waals surface area contributed by atoms with E-state index in [1.165, 1.54) is 6.92 Å². The average Bonchev–Trinajstić information content (AvgIpc) is 3.76. The minimum absolute atomic E-state index is 0.00321. The number of fused-ring (bicyclic) bond motifs is 8. The summed E-state index contributed by atoms with van der Waals surface area (Å²) in [4.78, 5) is 32.9. The van der Waals surface area contributed by atoms with E-state index in [2.05, 4.69) is 35.2 Å². The van der Waals surface area contributed by atoms with Crippen molar-refractivity contribution in [2.45, 2.75) is 81.0 Å². The second-order valence-corrected chi connectivity index (χ2v) is 17.6. The van der Waals surface area contributed by atoms with Crippen molar-refractivity contribution in [3.63, 3.8) is 0 Å². The van der Waals surface area contributed by atoms with Crippen LogP contribution in [0.3, 0.4) is 0 Å². The Labute approximate surface area is 328 Å². The van der Waals surface area contributed by atoms with Crippen LogP contribution < -0.4 is 30.0 Å². The monoisotopic (exact) mass is 782 g/mol. The molecule has 1 spiro atoms. The highest BCUT2D eigenvalue weighted by Crippen LogP contribution is 2.65. The van der Waals surface area contributed by atoms with Crippen LogP contribution in [0.25, 0.3) is 11.0 Å². The molecule has 56 heavy (non-hydrogen) atoms. The molecule has 2 fully saturated rings. The number of piperazine rings is 1. The molecular formula is C42H46N4O9S. The number of benzene rings is 3. The van der Waals surface area contributed by atoms with Gasteiger partial charge in [-0.3, -0.25) is 19.9 Å². The smallest absolute Gasteiger partial charge is 0.335 e. The van der Waals surface area contributed by atoms with Gasteiger partial charge in [0.15, 0.2) is 28.5 Å². The zero-order chi connectivity index (χ0) is 39.0. The predicted octanol–water partition coefficient (Wildman–Crippen LogP) is 4.84. The molecular weight excluding hydrogens is 737 g/mol. The first-order chi connectivity index (χ1) is 26.9. The number of thioether (sulfide) groups is 1. The van der Waals surface area contributed by atoms with Crippen LogP contribution >= 0.6 is 11.8 Å². The lowest BCUT2D eigenvalue weighted by atomic mass is 9.76. The Morgan fingerprint density at radius 3 is 2.68 bits per heavy atom. The zero-order valence-electron chi connectivity index (χ0n) is 32.3. The molecule has 0 amide bonds. The van der Waals surface area contributed by atoms with Crippen molar-refractivity contribution >= 4 is 34.7 Å². The van der Waals surface area contributed by atoms with E-state index in [0.29, 0.717) is 65.8 Å². The molecule has 9 heterocycles. The van der Waals surface area contributed by atoms with Gasteiger partial charge in [-0.05, 0) is 57.9 Å². The number of likely N-dealkylation sites (N-methyl/N-ethyl adjacent to an activating group) is 1. The number of aryl methyl sites for hydroxylation is 1. The Hall–Kier alpha value is -4.47. The lowest BCUT2D eigenvalue weighted by Crippen LogP contribution is -2.69. The summed E-state index contributed by atoms with van der Waals surface area (Å²) in [7, 11) is 3.69. The molecule has 4 N–H and O–H groups in total. The molecule has 8 atom stereocenters. The Balaban J connectivity index is 1.26. The number of carbonyl (C=O) groups excluding carboxylic acids is 2. The lowest BCUT2D eigenvalue weighted by Gasteiger charge is -2.61. The predicted molar refractivity (Wildman–Crippen MR) is 208 cm³/mol. The summed E-state index contributed by atoms with van der Waals surface area (Å²) in [6.45, 7) is 8.42. The number of methoxy groups -OCH3 is 1. The van der Waals surface area contributed by atoms with Crippen LogP contribution in [0.2, 0.25) is 0 Å². The second kappa shape index (κ2) is 12.5. The third-order valence-electron chi connectivity index (χ3n) is 13.0. The third-order valence-corrected chi connectivity index (χ3v) is 14.5. The largest absolute Gasteiger partial charge is 0.504 e. The van der Waals surface area contributed by atoms with Gasteiger partial charge in [0.25, 0.3) is 0 Å². The standard InChI is InChI=1S/C42H46N4O9S/c1-19-11-22-13-41(4)16-45(5)31(28(22)33(48)34(19)50-6)32-38-30-29(37-36(52-18-53-37)20(2)35(30)54-21(3)47)26(46(32)41)15-51-40(49)42(17-56-38)39-25(12-23(14-43)44-42)24-9-7-8-10-27(24)55-39/h7-11,23,26,31-32,38,44,48H,12-18,43H2,1-6H3/t23-,26+,31+,32-,38-,41?,42-/m1/s1. The molecule has 13 nitrogen and oxygen atoms in total. The number of nitrogens with two attached hydrogens (primary N) is 1. The SMILES string of the molecule is COc1c(C)cc2c(c1O)[C@H]1[C@@H]3[C@@H]4SC[C@]5(N[C@@H](CN)Cc6c5oc5ccccc65)C(=O)OC[C@@H](c5c6c(c(C)c(OC(C)=O)c54)OCO6)N3C(C)(C2)CN1C. The van der Waals surface area contributed by atoms with Crippen molar-refractivity contribution in [2.75, 3.05) is 46.4 Å². The molecule has 0 saturated carbocycles. The maximum atomic E-state index is 15.1. The number of phenolic OH excluding ortho intramolecular Hbond substituents is 1. The number of nitrogens with zero attached hydrogens (tertiary/aromatic N) is 2. The van der Waals surface area contributed by atoms with Gasteiger partial charge in [0.1, 0.15) is 23.7 Å². The highest BCUT2D eigenvalue weighted by atomic mass is 32.2. The summed E-state index contributed by atoms with van der Waals surface area (Å²) in [6, 6.07) is 8.52. The number of hydrogen-bond acceptors (Lipinski definition) is 14. The number of para-hydroxylation sites is 1. The van der Waals surface area contributed by atoms with E-state index in [4.69, 9.17) is 33.8 Å². The minimum Gasteiger partial charge on any atom is -0.504 e. The Morgan fingerprint density at radius 2 is 1.91 bits per heavy atom. The average molecular weight is 783 g/mol. The van der Waals surface area contributed by atoms with E-state index in [9.17, 15) is 9.90 Å². The number of furan rings is 1. The highest BCUT2D eigenvalue weighted by molar-refractivity contribution is 7.99. The van der Waals surface area contributed by atoms with Crippen molar-refractivity contribution in [1.29, 1.82) is 0 Å². The van der Waals surface area contributed by atoms with Crippen LogP contribution in [0.15, 0.2) is 34.7 Å². The molecule has 294 valence electrons. The van der Waals surface area contributed by atoms with Gasteiger partial charge < -0.3 is 38.9 Å². The van der Waals surface area contributed by atoms with Crippen molar-refractivity contribution in [2.24, 2.45) is 5.73 Å². The normalized spacial score (nSPS) is 31.3. The van der Waals surface area contributed by atoms with Crippen LogP contribution in [0, 0.1) is 13.8 Å². The highest BCUT2D eigenvalue weighted by Gasteiger charge is 2.63. The summed E-state index contributed by atoms with van der Waals surface area (Å²) in [5.74, 6) is 1.90. The Morgan fingerprint density at radius 1 is 1.12 bits per heavy atom. The van der Waals surface area contributed by atoms with E-state index in [-0.39, 0.29) is 43.0 Å². The van der Waals surface area contributed by atoms with Crippen LogP contribution in [0.5, 0.6) is 28.7 Å². The van der Waals surface area contributed by atoms with Gasteiger partial charge in [0.05, 0.1) is 24.4 Å². The Bertz CT molecular complexity index is 2360. The van der Waals surface area contributed by atoms with Crippen molar-refractivity contribution in [3.8, 4) is 28.7 Å². The quantitative estimate of drug-likeness (QED) is 0.192. The first-order valence-corrected chi connectivity index (χ1v) is 20.3. The number of carbonyl (C=O) groups is 2. The molecule has 2 unspecified atom stereocenters. The van der Waals surface area contributed by atoms with Crippen LogP contribution in [0.4, 0.5) is 0 Å². The zero-order valence-corrected chi connectivity index (χ0v) is 33.1. The van der Waals surface area contributed by atoms with Crippen molar-refractivity contribution in [3.05, 3.63) is 75.0 Å². The van der Waals surface area contributed by atoms with Crippen LogP contribution in [-0.2, 0) is 32.7 Å². The molecule has 4 bridgehead atoms. The van der Waals surface area contributed by atoms with Gasteiger partial charge in [-0.2, -0.15) is 0 Å². The molecule has 8 aliphatic rings. The topological polar surface area (TPSA) is 158 Å². The fourth-order valence-electron chi connectivity index (χ4n) is 11.1. The molecule has 4 aromatic rings. The number of hydrogen-bond donors (Lipinski definition) is 3. The second-order valence-electron chi connectivity index (χ2n) is 16.5. The summed E-state index contributed by atoms with van der Waals surface area (Å²) in [5.41, 5.74) is 11.1. The van der Waals surface area contributed by atoms with E-state index in [1.807, 2.05) is 38.1 Å². The molecule has 2 saturated heterocycles. The molecule has 12 rings (SSSR count). The molecule has 8 aliphatic heterocycles. The number of aromatic hydroxyl groups is 1. The number of phenols is 1. The first-order valence-electron chi connectivity index (χ1n) is 19.2. The minimum atomic E-state index is -1.39. The number of esters is 2. The first kappa shape index (κ1) is 35.9. The van der Waals surface area contributed by atoms with Gasteiger partial charge >= 0.3 is 11.9 Å². The van der Waals surface area contributed by atoms with Crippen molar-refractivity contribution in [1.82, 2.24) is 15.1 Å². The molecule has 0 radical (unpaired) electrons. The fraction of sp³-hybridized carbons (Fsp3) is 0.476.